The summed E-state index contributed by atoms with van der Waals surface area (Å²) in [6, 6.07) is 3.39. The first-order chi connectivity index (χ1) is 9.09. The molecule has 0 amide bonds. The third-order valence-electron chi connectivity index (χ3n) is 3.24. The van der Waals surface area contributed by atoms with Crippen molar-refractivity contribution >= 4 is 38.8 Å². The molecule has 0 bridgehead atoms. The maximum absolute atomic E-state index is 14.1. The van der Waals surface area contributed by atoms with Crippen LogP contribution in [-0.4, -0.2) is 24.7 Å². The Kier molecular flexibility index (Phi) is 5.13. The molecule has 104 valence electrons. The minimum atomic E-state index is -0.354. The smallest absolute Gasteiger partial charge is 0.161 e. The summed E-state index contributed by atoms with van der Waals surface area (Å²) in [5.41, 5.74) is 6.50. The molecule has 1 fully saturated rings. The van der Waals surface area contributed by atoms with E-state index in [-0.39, 0.29) is 10.8 Å². The lowest BCUT2D eigenvalue weighted by Gasteiger charge is -2.12. The van der Waals surface area contributed by atoms with E-state index in [4.69, 9.17) is 22.7 Å². The SMILES string of the molecule is NC(=S)c1ccc(NCCC2CCOC2)c(F)c1Br. The standard InChI is InChI=1S/C13H16BrFN2OS/c14-11-9(13(16)19)1-2-10(12(11)15)17-5-3-8-4-6-18-7-8/h1-2,8,17H,3-7H2,(H2,16,19). The maximum Gasteiger partial charge on any atom is 0.161 e. The van der Waals surface area contributed by atoms with Crippen LogP contribution in [0.15, 0.2) is 16.6 Å². The molecule has 0 radical (unpaired) electrons. The van der Waals surface area contributed by atoms with E-state index in [0.717, 1.165) is 32.6 Å². The van der Waals surface area contributed by atoms with Crippen LogP contribution in [0.4, 0.5) is 10.1 Å². The molecule has 3 N–H and O–H groups in total. The van der Waals surface area contributed by atoms with Gasteiger partial charge >= 0.3 is 0 Å². The van der Waals surface area contributed by atoms with Gasteiger partial charge in [0.25, 0.3) is 0 Å². The number of hydrogen-bond donors (Lipinski definition) is 2. The van der Waals surface area contributed by atoms with E-state index in [1.807, 2.05) is 0 Å². The van der Waals surface area contributed by atoms with E-state index >= 15 is 0 Å². The topological polar surface area (TPSA) is 47.3 Å². The number of thiocarbonyl (C=S) groups is 1. The molecule has 19 heavy (non-hydrogen) atoms. The summed E-state index contributed by atoms with van der Waals surface area (Å²) in [7, 11) is 0. The largest absolute Gasteiger partial charge is 0.389 e. The zero-order valence-electron chi connectivity index (χ0n) is 10.4. The number of ether oxygens (including phenoxy) is 1. The fourth-order valence-corrected chi connectivity index (χ4v) is 2.96. The first-order valence-electron chi connectivity index (χ1n) is 6.19. The molecule has 1 heterocycles. The predicted octanol–water partition coefficient (Wildman–Crippen LogP) is 3.06. The highest BCUT2D eigenvalue weighted by Gasteiger charge is 2.16. The third-order valence-corrected chi connectivity index (χ3v) is 4.23. The van der Waals surface area contributed by atoms with Crippen molar-refractivity contribution in [2.45, 2.75) is 12.8 Å². The summed E-state index contributed by atoms with van der Waals surface area (Å²) in [6.07, 6.45) is 2.07. The molecule has 0 aromatic heterocycles. The molecule has 1 aliphatic rings. The Balaban J connectivity index is 1.96. The molecule has 0 spiro atoms. The summed E-state index contributed by atoms with van der Waals surface area (Å²) in [4.78, 5) is 0.181. The van der Waals surface area contributed by atoms with Crippen molar-refractivity contribution in [3.63, 3.8) is 0 Å². The van der Waals surface area contributed by atoms with Gasteiger partial charge in [-0.25, -0.2) is 4.39 Å². The van der Waals surface area contributed by atoms with Gasteiger partial charge in [-0.1, -0.05) is 12.2 Å². The van der Waals surface area contributed by atoms with Gasteiger partial charge in [-0.3, -0.25) is 0 Å². The monoisotopic (exact) mass is 346 g/mol. The fourth-order valence-electron chi connectivity index (χ4n) is 2.10. The van der Waals surface area contributed by atoms with Gasteiger partial charge in [0, 0.05) is 25.3 Å². The quantitative estimate of drug-likeness (QED) is 0.804. The molecule has 1 aromatic carbocycles. The van der Waals surface area contributed by atoms with Crippen LogP contribution < -0.4 is 11.1 Å². The van der Waals surface area contributed by atoms with Crippen molar-refractivity contribution in [1.29, 1.82) is 0 Å². The van der Waals surface area contributed by atoms with Crippen molar-refractivity contribution in [2.75, 3.05) is 25.1 Å². The van der Waals surface area contributed by atoms with Crippen LogP contribution in [0.25, 0.3) is 0 Å². The Morgan fingerprint density at radius 2 is 2.37 bits per heavy atom. The van der Waals surface area contributed by atoms with Crippen LogP contribution >= 0.6 is 28.1 Å². The van der Waals surface area contributed by atoms with Crippen molar-refractivity contribution in [1.82, 2.24) is 0 Å². The number of nitrogens with one attached hydrogen (secondary N) is 1. The van der Waals surface area contributed by atoms with Crippen LogP contribution in [0.5, 0.6) is 0 Å². The first-order valence-corrected chi connectivity index (χ1v) is 7.39. The molecular formula is C13H16BrFN2OS. The Bertz CT molecular complexity index is 478. The molecule has 2 rings (SSSR count). The van der Waals surface area contributed by atoms with Gasteiger partial charge in [-0.05, 0) is 46.8 Å². The Labute approximate surface area is 125 Å². The highest BCUT2D eigenvalue weighted by Crippen LogP contribution is 2.27. The average Bonchev–Trinajstić information content (AvgIpc) is 2.87. The summed E-state index contributed by atoms with van der Waals surface area (Å²) in [5, 5.41) is 3.10. The van der Waals surface area contributed by atoms with Gasteiger partial charge in [0.1, 0.15) is 4.99 Å². The molecule has 1 saturated heterocycles. The molecule has 1 unspecified atom stereocenters. The normalized spacial score (nSPS) is 18.5. The molecule has 0 saturated carbocycles. The van der Waals surface area contributed by atoms with Crippen LogP contribution in [0, 0.1) is 11.7 Å². The van der Waals surface area contributed by atoms with Gasteiger partial charge in [0.15, 0.2) is 5.82 Å². The molecule has 3 nitrogen and oxygen atoms in total. The Morgan fingerprint density at radius 3 is 3.00 bits per heavy atom. The number of rotatable bonds is 5. The number of nitrogens with two attached hydrogens (primary N) is 1. The van der Waals surface area contributed by atoms with Crippen molar-refractivity contribution in [2.24, 2.45) is 11.7 Å². The Hall–Kier alpha value is -0.720. The van der Waals surface area contributed by atoms with E-state index in [1.54, 1.807) is 12.1 Å². The van der Waals surface area contributed by atoms with E-state index in [9.17, 15) is 4.39 Å². The second-order valence-electron chi connectivity index (χ2n) is 4.60. The zero-order valence-corrected chi connectivity index (χ0v) is 12.8. The van der Waals surface area contributed by atoms with Crippen LogP contribution in [0.1, 0.15) is 18.4 Å². The van der Waals surface area contributed by atoms with E-state index in [2.05, 4.69) is 21.2 Å². The molecule has 0 aliphatic carbocycles. The summed E-state index contributed by atoms with van der Waals surface area (Å²) >= 11 is 8.05. The number of anilines is 1. The van der Waals surface area contributed by atoms with E-state index in [1.165, 1.54) is 0 Å². The van der Waals surface area contributed by atoms with Crippen molar-refractivity contribution in [3.8, 4) is 0 Å². The lowest BCUT2D eigenvalue weighted by molar-refractivity contribution is 0.185. The van der Waals surface area contributed by atoms with Crippen LogP contribution in [0.3, 0.4) is 0 Å². The van der Waals surface area contributed by atoms with Gasteiger partial charge < -0.3 is 15.8 Å². The second kappa shape index (κ2) is 6.63. The third kappa shape index (κ3) is 3.64. The van der Waals surface area contributed by atoms with E-state index < -0.39 is 0 Å². The van der Waals surface area contributed by atoms with Gasteiger partial charge in [0.05, 0.1) is 10.2 Å². The summed E-state index contributed by atoms with van der Waals surface area (Å²) < 4.78 is 19.7. The molecule has 1 aliphatic heterocycles. The minimum absolute atomic E-state index is 0.181. The highest BCUT2D eigenvalue weighted by atomic mass is 79.9. The fraction of sp³-hybridized carbons (Fsp3) is 0.462. The number of benzene rings is 1. The Morgan fingerprint density at radius 1 is 1.58 bits per heavy atom. The molecular weight excluding hydrogens is 331 g/mol. The molecule has 6 heteroatoms. The summed E-state index contributed by atoms with van der Waals surface area (Å²) in [6.45, 7) is 2.38. The molecule has 1 atom stereocenters. The van der Waals surface area contributed by atoms with Gasteiger partial charge in [-0.2, -0.15) is 0 Å². The average molecular weight is 347 g/mol. The van der Waals surface area contributed by atoms with Crippen molar-refractivity contribution in [3.05, 3.63) is 28.0 Å². The van der Waals surface area contributed by atoms with Gasteiger partial charge in [0.2, 0.25) is 0 Å². The predicted molar refractivity (Wildman–Crippen MR) is 82.0 cm³/mol. The second-order valence-corrected chi connectivity index (χ2v) is 5.83. The van der Waals surface area contributed by atoms with Crippen LogP contribution in [-0.2, 0) is 4.74 Å². The van der Waals surface area contributed by atoms with Gasteiger partial charge in [-0.15, -0.1) is 0 Å². The summed E-state index contributed by atoms with van der Waals surface area (Å²) in [5.74, 6) is 0.225. The zero-order chi connectivity index (χ0) is 13.8. The highest BCUT2D eigenvalue weighted by molar-refractivity contribution is 9.10. The minimum Gasteiger partial charge on any atom is -0.389 e. The van der Waals surface area contributed by atoms with E-state index in [0.29, 0.717) is 21.6 Å². The molecule has 1 aromatic rings. The number of hydrogen-bond acceptors (Lipinski definition) is 3. The maximum atomic E-state index is 14.1. The lowest BCUT2D eigenvalue weighted by atomic mass is 10.1. The van der Waals surface area contributed by atoms with Crippen molar-refractivity contribution < 1.29 is 9.13 Å². The lowest BCUT2D eigenvalue weighted by Crippen LogP contribution is -2.13. The van der Waals surface area contributed by atoms with Crippen LogP contribution in [0.2, 0.25) is 0 Å². The number of halogens is 2. The first kappa shape index (κ1) is 14.7.